The Balaban J connectivity index is 2.03. The standard InChI is InChI=1S/C11H14N4O5/c1-20-11(19)14-6-2-3-15(4-6)9(16)7-8(10(17)18)13-5-12-7/h5-6H,2-4H2,1H3,(H,12,13)(H,14,19)(H,17,18). The van der Waals surface area contributed by atoms with Crippen molar-refractivity contribution in [3.05, 3.63) is 17.7 Å². The smallest absolute Gasteiger partial charge is 0.407 e. The number of rotatable bonds is 3. The third-order valence-corrected chi connectivity index (χ3v) is 3.04. The quantitative estimate of drug-likeness (QED) is 0.697. The lowest BCUT2D eigenvalue weighted by atomic mass is 10.3. The number of alkyl carbamates (subject to hydrolysis) is 1. The first-order chi connectivity index (χ1) is 9.52. The van der Waals surface area contributed by atoms with Crippen molar-refractivity contribution in [2.45, 2.75) is 12.5 Å². The number of nitrogens with zero attached hydrogens (tertiary/aromatic N) is 2. The number of hydrogen-bond acceptors (Lipinski definition) is 5. The van der Waals surface area contributed by atoms with E-state index in [-0.39, 0.29) is 17.4 Å². The van der Waals surface area contributed by atoms with Crippen LogP contribution in [0.25, 0.3) is 0 Å². The minimum atomic E-state index is -1.24. The first kappa shape index (κ1) is 13.8. The second-order valence-electron chi connectivity index (χ2n) is 4.30. The van der Waals surface area contributed by atoms with Crippen LogP contribution in [-0.2, 0) is 4.74 Å². The summed E-state index contributed by atoms with van der Waals surface area (Å²) in [6.45, 7) is 0.708. The van der Waals surface area contributed by atoms with Gasteiger partial charge >= 0.3 is 12.1 Å². The van der Waals surface area contributed by atoms with Crippen LogP contribution >= 0.6 is 0 Å². The SMILES string of the molecule is COC(=O)NC1CCN(C(=O)c2nc[nH]c2C(=O)O)C1. The van der Waals surface area contributed by atoms with Gasteiger partial charge in [0, 0.05) is 13.1 Å². The van der Waals surface area contributed by atoms with Crippen molar-refractivity contribution in [3.63, 3.8) is 0 Å². The molecule has 2 amide bonds. The molecule has 0 radical (unpaired) electrons. The molecule has 0 aromatic carbocycles. The predicted octanol–water partition coefficient (Wildman–Crippen LogP) is -0.322. The van der Waals surface area contributed by atoms with Crippen LogP contribution in [0.15, 0.2) is 6.33 Å². The van der Waals surface area contributed by atoms with Gasteiger partial charge in [-0.3, -0.25) is 4.79 Å². The maximum atomic E-state index is 12.2. The Hall–Kier alpha value is -2.58. The number of carbonyl (C=O) groups is 3. The Labute approximate surface area is 113 Å². The summed E-state index contributed by atoms with van der Waals surface area (Å²) in [5.74, 6) is -1.72. The topological polar surface area (TPSA) is 125 Å². The summed E-state index contributed by atoms with van der Waals surface area (Å²) in [5, 5.41) is 11.5. The molecule has 1 fully saturated rings. The molecule has 20 heavy (non-hydrogen) atoms. The Morgan fingerprint density at radius 2 is 2.30 bits per heavy atom. The highest BCUT2D eigenvalue weighted by Gasteiger charge is 2.31. The van der Waals surface area contributed by atoms with Crippen molar-refractivity contribution >= 4 is 18.0 Å². The van der Waals surface area contributed by atoms with E-state index in [0.717, 1.165) is 6.33 Å². The van der Waals surface area contributed by atoms with Crippen molar-refractivity contribution in [1.29, 1.82) is 0 Å². The molecule has 1 aliphatic heterocycles. The number of likely N-dealkylation sites (tertiary alicyclic amines) is 1. The minimum Gasteiger partial charge on any atom is -0.477 e. The molecule has 108 valence electrons. The van der Waals surface area contributed by atoms with Crippen LogP contribution < -0.4 is 5.32 Å². The monoisotopic (exact) mass is 282 g/mol. The zero-order valence-corrected chi connectivity index (χ0v) is 10.8. The van der Waals surface area contributed by atoms with Crippen LogP contribution in [0.4, 0.5) is 4.79 Å². The van der Waals surface area contributed by atoms with Crippen molar-refractivity contribution in [1.82, 2.24) is 20.2 Å². The molecule has 0 aliphatic carbocycles. The van der Waals surface area contributed by atoms with E-state index in [1.54, 1.807) is 0 Å². The van der Waals surface area contributed by atoms with Crippen molar-refractivity contribution < 1.29 is 24.2 Å². The number of H-pyrrole nitrogens is 1. The summed E-state index contributed by atoms with van der Waals surface area (Å²) in [4.78, 5) is 41.8. The molecule has 1 saturated heterocycles. The average molecular weight is 282 g/mol. The molecular weight excluding hydrogens is 268 g/mol. The molecule has 0 saturated carbocycles. The fourth-order valence-electron chi connectivity index (χ4n) is 2.06. The van der Waals surface area contributed by atoms with E-state index in [2.05, 4.69) is 20.0 Å². The number of carbonyl (C=O) groups excluding carboxylic acids is 2. The van der Waals surface area contributed by atoms with Crippen LogP contribution in [0, 0.1) is 0 Å². The lowest BCUT2D eigenvalue weighted by molar-refractivity contribution is 0.0674. The maximum Gasteiger partial charge on any atom is 0.407 e. The fourth-order valence-corrected chi connectivity index (χ4v) is 2.06. The number of nitrogens with one attached hydrogen (secondary N) is 2. The molecule has 1 atom stereocenters. The molecule has 1 unspecified atom stereocenters. The Morgan fingerprint density at radius 1 is 1.55 bits per heavy atom. The summed E-state index contributed by atoms with van der Waals surface area (Å²) in [7, 11) is 1.26. The van der Waals surface area contributed by atoms with E-state index >= 15 is 0 Å². The fraction of sp³-hybridized carbons (Fsp3) is 0.455. The molecular formula is C11H14N4O5. The van der Waals surface area contributed by atoms with Gasteiger partial charge in [0.05, 0.1) is 19.5 Å². The zero-order chi connectivity index (χ0) is 14.7. The van der Waals surface area contributed by atoms with Crippen LogP contribution in [0.1, 0.15) is 27.4 Å². The van der Waals surface area contributed by atoms with Gasteiger partial charge in [0.2, 0.25) is 0 Å². The number of methoxy groups -OCH3 is 1. The van der Waals surface area contributed by atoms with E-state index in [4.69, 9.17) is 5.11 Å². The van der Waals surface area contributed by atoms with Gasteiger partial charge in [-0.05, 0) is 6.42 Å². The number of carboxylic acids is 1. The Bertz CT molecular complexity index is 541. The molecule has 1 aromatic heterocycles. The molecule has 0 bridgehead atoms. The van der Waals surface area contributed by atoms with E-state index in [1.165, 1.54) is 12.0 Å². The van der Waals surface area contributed by atoms with Crippen LogP contribution in [0.3, 0.4) is 0 Å². The van der Waals surface area contributed by atoms with Gasteiger partial charge in [0.1, 0.15) is 0 Å². The molecule has 0 spiro atoms. The molecule has 3 N–H and O–H groups in total. The van der Waals surface area contributed by atoms with E-state index in [9.17, 15) is 14.4 Å². The summed E-state index contributed by atoms with van der Waals surface area (Å²) in [5.41, 5.74) is -0.365. The summed E-state index contributed by atoms with van der Waals surface area (Å²) >= 11 is 0. The molecule has 9 heteroatoms. The normalized spacial score (nSPS) is 17.9. The lowest BCUT2D eigenvalue weighted by Gasteiger charge is -2.16. The summed E-state index contributed by atoms with van der Waals surface area (Å²) in [6.07, 6.45) is 1.18. The number of carboxylic acid groups (broad SMARTS) is 1. The van der Waals surface area contributed by atoms with E-state index in [0.29, 0.717) is 19.5 Å². The maximum absolute atomic E-state index is 12.2. The Morgan fingerprint density at radius 3 is 2.95 bits per heavy atom. The third-order valence-electron chi connectivity index (χ3n) is 3.04. The summed E-state index contributed by atoms with van der Waals surface area (Å²) in [6, 6.07) is -0.210. The summed E-state index contributed by atoms with van der Waals surface area (Å²) < 4.78 is 4.48. The molecule has 2 rings (SSSR count). The predicted molar refractivity (Wildman–Crippen MR) is 65.4 cm³/mol. The van der Waals surface area contributed by atoms with Gasteiger partial charge in [-0.25, -0.2) is 14.6 Å². The molecule has 1 aliphatic rings. The number of aromatic nitrogens is 2. The largest absolute Gasteiger partial charge is 0.477 e. The second kappa shape index (κ2) is 5.59. The number of ether oxygens (including phenoxy) is 1. The first-order valence-corrected chi connectivity index (χ1v) is 5.93. The first-order valence-electron chi connectivity index (χ1n) is 5.93. The number of imidazole rings is 1. The van der Waals surface area contributed by atoms with Crippen LogP contribution in [-0.4, -0.2) is 64.2 Å². The van der Waals surface area contributed by atoms with Gasteiger partial charge in [0.15, 0.2) is 11.4 Å². The lowest BCUT2D eigenvalue weighted by Crippen LogP contribution is -2.38. The van der Waals surface area contributed by atoms with E-state index in [1.807, 2.05) is 0 Å². The van der Waals surface area contributed by atoms with Crippen molar-refractivity contribution in [2.24, 2.45) is 0 Å². The van der Waals surface area contributed by atoms with Crippen molar-refractivity contribution in [2.75, 3.05) is 20.2 Å². The van der Waals surface area contributed by atoms with Crippen molar-refractivity contribution in [3.8, 4) is 0 Å². The molecule has 2 heterocycles. The zero-order valence-electron chi connectivity index (χ0n) is 10.8. The highest BCUT2D eigenvalue weighted by atomic mass is 16.5. The van der Waals surface area contributed by atoms with Gasteiger partial charge in [-0.15, -0.1) is 0 Å². The van der Waals surface area contributed by atoms with Gasteiger partial charge in [-0.1, -0.05) is 0 Å². The second-order valence-corrected chi connectivity index (χ2v) is 4.30. The van der Waals surface area contributed by atoms with Crippen LogP contribution in [0.5, 0.6) is 0 Å². The number of amides is 2. The number of aromatic carboxylic acids is 1. The third kappa shape index (κ3) is 2.71. The molecule has 1 aromatic rings. The average Bonchev–Trinajstić information content (AvgIpc) is 3.06. The molecule has 9 nitrogen and oxygen atoms in total. The highest BCUT2D eigenvalue weighted by molar-refractivity contribution is 6.02. The number of hydrogen-bond donors (Lipinski definition) is 3. The van der Waals surface area contributed by atoms with Gasteiger partial charge < -0.3 is 25.0 Å². The van der Waals surface area contributed by atoms with E-state index < -0.39 is 18.0 Å². The Kier molecular flexibility index (Phi) is 3.87. The van der Waals surface area contributed by atoms with Gasteiger partial charge in [-0.2, -0.15) is 0 Å². The highest BCUT2D eigenvalue weighted by Crippen LogP contribution is 2.14. The minimum absolute atomic E-state index is 0.129. The van der Waals surface area contributed by atoms with Gasteiger partial charge in [0.25, 0.3) is 5.91 Å². The number of aromatic amines is 1. The van der Waals surface area contributed by atoms with Crippen LogP contribution in [0.2, 0.25) is 0 Å².